The van der Waals surface area contributed by atoms with E-state index >= 15 is 0 Å². The van der Waals surface area contributed by atoms with Crippen LogP contribution in [-0.2, 0) is 5.54 Å². The molecule has 0 aliphatic rings. The maximum Gasteiger partial charge on any atom is 0.441 e. The van der Waals surface area contributed by atoms with Gasteiger partial charge >= 0.3 is 6.09 Å². The summed E-state index contributed by atoms with van der Waals surface area (Å²) in [6.45, 7) is 7.90. The molecule has 220 valence electrons. The zero-order valence-electron chi connectivity index (χ0n) is 24.3. The summed E-state index contributed by atoms with van der Waals surface area (Å²) < 4.78 is 6.58. The van der Waals surface area contributed by atoms with E-state index in [0.717, 1.165) is 27.1 Å². The number of aromatic nitrogens is 2. The van der Waals surface area contributed by atoms with E-state index in [2.05, 4.69) is 15.7 Å². The van der Waals surface area contributed by atoms with Gasteiger partial charge in [-0.15, -0.1) is 16.4 Å². The van der Waals surface area contributed by atoms with Crippen LogP contribution in [0, 0.1) is 5.92 Å². The van der Waals surface area contributed by atoms with Gasteiger partial charge in [0.25, 0.3) is 11.8 Å². The summed E-state index contributed by atoms with van der Waals surface area (Å²) in [5.74, 6) is -0.0376. The maximum absolute atomic E-state index is 13.4. The Labute approximate surface area is 253 Å². The molecule has 0 aliphatic carbocycles. The van der Waals surface area contributed by atoms with Gasteiger partial charge in [0.1, 0.15) is 10.6 Å². The van der Waals surface area contributed by atoms with Crippen LogP contribution in [0.2, 0.25) is 0 Å². The summed E-state index contributed by atoms with van der Waals surface area (Å²) in [4.78, 5) is 40.6. The lowest BCUT2D eigenvalue weighted by Gasteiger charge is -2.26. The van der Waals surface area contributed by atoms with Gasteiger partial charge in [-0.3, -0.25) is 9.59 Å². The number of hydrogen-bond donors (Lipinski definition) is 3. The second kappa shape index (κ2) is 12.2. The molecule has 5 aromatic rings. The summed E-state index contributed by atoms with van der Waals surface area (Å²) >= 11 is 1.08. The molecule has 5 rings (SSSR count). The highest BCUT2D eigenvalue weighted by Gasteiger charge is 2.27. The Balaban J connectivity index is 1.46. The minimum Gasteiger partial charge on any atom is -0.409 e. The molecule has 0 spiro atoms. The third kappa shape index (κ3) is 6.50. The number of fused-ring (bicyclic) bond motifs is 1. The SMILES string of the molecule is CC(C)C(N)c1ccc(C(=O)Nc2nn(C(=O)Oc3ccccc3)c3sc(C(=O)NC(C)(C)c4ccccc4)cc23)cc1. The molecular weight excluding hydrogens is 562 g/mol. The number of thiophene rings is 1. The van der Waals surface area contributed by atoms with Crippen molar-refractivity contribution in [2.24, 2.45) is 11.7 Å². The molecule has 10 heteroatoms. The molecule has 2 heterocycles. The summed E-state index contributed by atoms with van der Waals surface area (Å²) in [5, 5.41) is 10.7. The minimum absolute atomic E-state index is 0.130. The molecule has 0 saturated carbocycles. The number of amides is 2. The number of nitrogens with zero attached hydrogens (tertiary/aromatic N) is 2. The van der Waals surface area contributed by atoms with Gasteiger partial charge in [-0.25, -0.2) is 4.79 Å². The van der Waals surface area contributed by atoms with E-state index in [-0.39, 0.29) is 23.7 Å². The zero-order chi connectivity index (χ0) is 30.7. The number of nitrogens with one attached hydrogen (secondary N) is 2. The zero-order valence-corrected chi connectivity index (χ0v) is 25.1. The lowest BCUT2D eigenvalue weighted by molar-refractivity contribution is 0.0915. The molecule has 2 aromatic heterocycles. The normalized spacial score (nSPS) is 12.2. The number of carbonyl (C=O) groups is 3. The Morgan fingerprint density at radius 2 is 1.53 bits per heavy atom. The number of rotatable bonds is 8. The molecule has 0 aliphatic heterocycles. The van der Waals surface area contributed by atoms with Crippen molar-refractivity contribution in [2.75, 3.05) is 5.32 Å². The summed E-state index contributed by atoms with van der Waals surface area (Å²) in [6.07, 6.45) is -0.776. The van der Waals surface area contributed by atoms with Crippen LogP contribution < -0.4 is 21.1 Å². The van der Waals surface area contributed by atoms with E-state index in [9.17, 15) is 14.4 Å². The predicted molar refractivity (Wildman–Crippen MR) is 169 cm³/mol. The average Bonchev–Trinajstić information content (AvgIpc) is 3.58. The van der Waals surface area contributed by atoms with Gasteiger partial charge in [0.15, 0.2) is 5.82 Å². The second-order valence-electron chi connectivity index (χ2n) is 11.1. The molecule has 0 fully saturated rings. The van der Waals surface area contributed by atoms with Crippen molar-refractivity contribution in [3.63, 3.8) is 0 Å². The van der Waals surface area contributed by atoms with Gasteiger partial charge in [-0.1, -0.05) is 74.5 Å². The average molecular weight is 596 g/mol. The van der Waals surface area contributed by atoms with E-state index in [4.69, 9.17) is 10.5 Å². The molecule has 0 saturated heterocycles. The molecule has 3 aromatic carbocycles. The van der Waals surface area contributed by atoms with Gasteiger partial charge < -0.3 is 21.1 Å². The number of ether oxygens (including phenoxy) is 1. The van der Waals surface area contributed by atoms with Crippen LogP contribution in [0.5, 0.6) is 5.75 Å². The fourth-order valence-corrected chi connectivity index (χ4v) is 5.56. The minimum atomic E-state index is -0.776. The topological polar surface area (TPSA) is 128 Å². The van der Waals surface area contributed by atoms with Crippen molar-refractivity contribution < 1.29 is 19.1 Å². The largest absolute Gasteiger partial charge is 0.441 e. The van der Waals surface area contributed by atoms with E-state index in [1.165, 1.54) is 0 Å². The maximum atomic E-state index is 13.4. The van der Waals surface area contributed by atoms with Crippen LogP contribution in [0.15, 0.2) is 91.0 Å². The van der Waals surface area contributed by atoms with Crippen LogP contribution >= 0.6 is 11.3 Å². The molecule has 9 nitrogen and oxygen atoms in total. The molecule has 1 atom stereocenters. The first-order valence-corrected chi connectivity index (χ1v) is 14.7. The van der Waals surface area contributed by atoms with Gasteiger partial charge in [-0.2, -0.15) is 4.68 Å². The standard InChI is InChI=1S/C33H33N5O4S/c1-20(2)27(34)21-15-17-22(18-16-21)29(39)35-28-25-19-26(30(40)36-33(3,4)23-11-7-5-8-12-23)43-31(25)38(37-28)32(41)42-24-13-9-6-10-14-24/h5-20,27H,34H2,1-4H3,(H,36,40)(H,35,37,39). The molecule has 0 bridgehead atoms. The number of carbonyl (C=O) groups excluding carboxylic acids is 3. The highest BCUT2D eigenvalue weighted by atomic mass is 32.1. The fourth-order valence-electron chi connectivity index (χ4n) is 4.56. The highest BCUT2D eigenvalue weighted by Crippen LogP contribution is 2.33. The lowest BCUT2D eigenvalue weighted by Crippen LogP contribution is -2.40. The number of nitrogens with two attached hydrogens (primary N) is 1. The van der Waals surface area contributed by atoms with Gasteiger partial charge in [-0.05, 0) is 61.2 Å². The Bertz CT molecular complexity index is 1760. The van der Waals surface area contributed by atoms with E-state index in [1.807, 2.05) is 70.2 Å². The fraction of sp³-hybridized carbons (Fsp3) is 0.212. The van der Waals surface area contributed by atoms with Gasteiger partial charge in [0.05, 0.1) is 15.8 Å². The Morgan fingerprint density at radius 1 is 0.907 bits per heavy atom. The van der Waals surface area contributed by atoms with Crippen LogP contribution in [-0.4, -0.2) is 27.7 Å². The Kier molecular flexibility index (Phi) is 8.43. The van der Waals surface area contributed by atoms with E-state index in [1.54, 1.807) is 48.5 Å². The van der Waals surface area contributed by atoms with E-state index < -0.39 is 17.5 Å². The molecule has 4 N–H and O–H groups in total. The van der Waals surface area contributed by atoms with Crippen LogP contribution in [0.25, 0.3) is 10.2 Å². The smallest absolute Gasteiger partial charge is 0.409 e. The van der Waals surface area contributed by atoms with E-state index in [0.29, 0.717) is 26.4 Å². The molecule has 2 amide bonds. The molecule has 0 radical (unpaired) electrons. The summed E-state index contributed by atoms with van der Waals surface area (Å²) in [5.41, 5.74) is 7.85. The highest BCUT2D eigenvalue weighted by molar-refractivity contribution is 7.20. The third-order valence-corrected chi connectivity index (χ3v) is 8.24. The number of para-hydroxylation sites is 1. The van der Waals surface area contributed by atoms with Crippen molar-refractivity contribution in [3.8, 4) is 5.75 Å². The number of hydrogen-bond acceptors (Lipinski definition) is 7. The first kappa shape index (κ1) is 29.7. The van der Waals surface area contributed by atoms with Crippen molar-refractivity contribution >= 4 is 45.3 Å². The molecular formula is C33H33N5O4S. The molecule has 1 unspecified atom stereocenters. The second-order valence-corrected chi connectivity index (χ2v) is 12.1. The summed E-state index contributed by atoms with van der Waals surface area (Å²) in [6, 6.07) is 26.7. The third-order valence-electron chi connectivity index (χ3n) is 7.13. The van der Waals surface area contributed by atoms with Crippen molar-refractivity contribution in [1.29, 1.82) is 0 Å². The van der Waals surface area contributed by atoms with Crippen LogP contribution in [0.4, 0.5) is 10.6 Å². The monoisotopic (exact) mass is 595 g/mol. The van der Waals surface area contributed by atoms with Crippen molar-refractivity contribution in [2.45, 2.75) is 39.3 Å². The number of benzene rings is 3. The first-order valence-electron chi connectivity index (χ1n) is 13.9. The molecule has 43 heavy (non-hydrogen) atoms. The van der Waals surface area contributed by atoms with Gasteiger partial charge in [0.2, 0.25) is 0 Å². The van der Waals surface area contributed by atoms with Crippen LogP contribution in [0.1, 0.15) is 64.9 Å². The quantitative estimate of drug-likeness (QED) is 0.183. The van der Waals surface area contributed by atoms with Crippen molar-refractivity contribution in [3.05, 3.63) is 113 Å². The summed E-state index contributed by atoms with van der Waals surface area (Å²) in [7, 11) is 0. The lowest BCUT2D eigenvalue weighted by atomic mass is 9.94. The number of anilines is 1. The predicted octanol–water partition coefficient (Wildman–Crippen LogP) is 6.72. The van der Waals surface area contributed by atoms with Gasteiger partial charge in [0, 0.05) is 11.6 Å². The van der Waals surface area contributed by atoms with Crippen LogP contribution in [0.3, 0.4) is 0 Å². The first-order chi connectivity index (χ1) is 20.5. The Hall–Kier alpha value is -4.80. The van der Waals surface area contributed by atoms with Crippen molar-refractivity contribution in [1.82, 2.24) is 15.1 Å². The Morgan fingerprint density at radius 3 is 2.16 bits per heavy atom.